The highest BCUT2D eigenvalue weighted by Crippen LogP contribution is 2.35. The van der Waals surface area contributed by atoms with Gasteiger partial charge in [-0.25, -0.2) is 9.78 Å². The molecule has 0 saturated carbocycles. The fourth-order valence-electron chi connectivity index (χ4n) is 2.87. The maximum Gasteiger partial charge on any atom is 0.357 e. The lowest BCUT2D eigenvalue weighted by Crippen LogP contribution is -2.09. The third-order valence-electron chi connectivity index (χ3n) is 4.57. The van der Waals surface area contributed by atoms with Crippen LogP contribution in [-0.2, 0) is 11.2 Å². The average Bonchev–Trinajstić information content (AvgIpc) is 2.71. The Morgan fingerprint density at radius 1 is 0.903 bits per heavy atom. The highest BCUT2D eigenvalue weighted by atomic mass is 16.5. The molecule has 0 aliphatic carbocycles. The molecule has 2 rings (SSSR count). The quantitative estimate of drug-likeness (QED) is 0.354. The average molecular weight is 424 g/mol. The van der Waals surface area contributed by atoms with Crippen molar-refractivity contribution in [3.63, 3.8) is 0 Å². The van der Waals surface area contributed by atoms with Crippen LogP contribution in [0.25, 0.3) is 10.9 Å². The van der Waals surface area contributed by atoms with Crippen LogP contribution < -0.4 is 9.47 Å². The minimum absolute atomic E-state index is 0.193. The van der Waals surface area contributed by atoms with Crippen LogP contribution in [0.15, 0.2) is 53.1 Å². The lowest BCUT2D eigenvalue weighted by molar-refractivity contribution is 0.0542. The maximum absolute atomic E-state index is 12.6. The van der Waals surface area contributed by atoms with Crippen molar-refractivity contribution in [1.82, 2.24) is 4.98 Å². The van der Waals surface area contributed by atoms with Gasteiger partial charge in [0, 0.05) is 11.5 Å². The van der Waals surface area contributed by atoms with E-state index in [2.05, 4.69) is 24.9 Å². The van der Waals surface area contributed by atoms with Crippen molar-refractivity contribution >= 4 is 16.9 Å². The molecule has 0 spiro atoms. The third-order valence-corrected chi connectivity index (χ3v) is 4.57. The monoisotopic (exact) mass is 423 g/mol. The Morgan fingerprint density at radius 2 is 1.55 bits per heavy atom. The van der Waals surface area contributed by atoms with E-state index in [0.717, 1.165) is 22.9 Å². The molecule has 0 radical (unpaired) electrons. The van der Waals surface area contributed by atoms with Crippen molar-refractivity contribution in [2.45, 2.75) is 48.0 Å². The highest BCUT2D eigenvalue weighted by Gasteiger charge is 2.19. The summed E-state index contributed by atoms with van der Waals surface area (Å²) >= 11 is 0. The van der Waals surface area contributed by atoms with Gasteiger partial charge in [0.2, 0.25) is 0 Å². The lowest BCUT2D eigenvalue weighted by atomic mass is 10.0. The maximum atomic E-state index is 12.6. The van der Waals surface area contributed by atoms with Crippen LogP contribution in [0.4, 0.5) is 0 Å². The van der Waals surface area contributed by atoms with E-state index in [1.807, 2.05) is 52.0 Å². The van der Waals surface area contributed by atoms with Gasteiger partial charge in [0.05, 0.1) is 7.11 Å². The summed E-state index contributed by atoms with van der Waals surface area (Å²) in [6, 6.07) is 5.57. The second-order valence-electron chi connectivity index (χ2n) is 8.11. The summed E-state index contributed by atoms with van der Waals surface area (Å²) in [5, 5.41) is 0.843. The number of pyridine rings is 1. The van der Waals surface area contributed by atoms with Crippen LogP contribution in [0.5, 0.6) is 11.5 Å². The number of ether oxygens (including phenoxy) is 3. The predicted molar refractivity (Wildman–Crippen MR) is 126 cm³/mol. The number of aromatic nitrogens is 1. The van der Waals surface area contributed by atoms with Gasteiger partial charge in [0.15, 0.2) is 5.69 Å². The summed E-state index contributed by atoms with van der Waals surface area (Å²) in [6.45, 7) is 12.7. The zero-order valence-electron chi connectivity index (χ0n) is 19.7. The molecular formula is C26H33NO4. The Labute approximate surface area is 185 Å². The lowest BCUT2D eigenvalue weighted by Gasteiger charge is -2.15. The molecule has 0 atom stereocenters. The minimum Gasteiger partial charge on any atom is -0.496 e. The molecule has 166 valence electrons. The number of allylic oxidation sites excluding steroid dienone is 4. The number of carbonyl (C=O) groups excluding carboxylic acids is 1. The van der Waals surface area contributed by atoms with Crippen molar-refractivity contribution in [1.29, 1.82) is 0 Å². The molecule has 31 heavy (non-hydrogen) atoms. The summed E-state index contributed by atoms with van der Waals surface area (Å²) in [5.74, 6) is 0.678. The summed E-state index contributed by atoms with van der Waals surface area (Å²) in [7, 11) is 1.59. The minimum atomic E-state index is -0.498. The zero-order chi connectivity index (χ0) is 23.0. The number of esters is 1. The van der Waals surface area contributed by atoms with E-state index in [0.29, 0.717) is 23.6 Å². The first-order valence-electron chi connectivity index (χ1n) is 10.4. The van der Waals surface area contributed by atoms with Crippen LogP contribution in [0, 0.1) is 0 Å². The second kappa shape index (κ2) is 11.3. The number of carbonyl (C=O) groups is 1. The second-order valence-corrected chi connectivity index (χ2v) is 8.11. The zero-order valence-corrected chi connectivity index (χ0v) is 19.7. The molecule has 0 unspecified atom stereocenters. The molecule has 1 aromatic carbocycles. The van der Waals surface area contributed by atoms with Crippen LogP contribution in [-0.4, -0.2) is 31.3 Å². The van der Waals surface area contributed by atoms with Gasteiger partial charge in [-0.1, -0.05) is 28.9 Å². The Kier molecular flexibility index (Phi) is 8.86. The molecule has 0 amide bonds. The Bertz CT molecular complexity index is 1020. The van der Waals surface area contributed by atoms with Crippen molar-refractivity contribution < 1.29 is 19.0 Å². The molecule has 0 fully saturated rings. The van der Waals surface area contributed by atoms with E-state index < -0.39 is 5.97 Å². The molecule has 5 heteroatoms. The van der Waals surface area contributed by atoms with E-state index in [9.17, 15) is 4.79 Å². The fourth-order valence-corrected chi connectivity index (χ4v) is 2.87. The topological polar surface area (TPSA) is 57.7 Å². The van der Waals surface area contributed by atoms with Crippen molar-refractivity contribution in [2.24, 2.45) is 0 Å². The smallest absolute Gasteiger partial charge is 0.357 e. The van der Waals surface area contributed by atoms with E-state index >= 15 is 0 Å². The van der Waals surface area contributed by atoms with E-state index in [1.54, 1.807) is 13.2 Å². The molecule has 0 N–H and O–H groups in total. The summed E-state index contributed by atoms with van der Waals surface area (Å²) in [4.78, 5) is 17.2. The predicted octanol–water partition coefficient (Wildman–Crippen LogP) is 6.22. The van der Waals surface area contributed by atoms with E-state index in [-0.39, 0.29) is 12.3 Å². The fraction of sp³-hybridized carbons (Fsp3) is 0.385. The molecular weight excluding hydrogens is 390 g/mol. The number of nitrogens with zero attached hydrogens (tertiary/aromatic N) is 1. The first-order valence-corrected chi connectivity index (χ1v) is 10.4. The van der Waals surface area contributed by atoms with Crippen LogP contribution in [0.3, 0.4) is 0 Å². The Balaban J connectivity index is 2.58. The summed E-state index contributed by atoms with van der Waals surface area (Å²) < 4.78 is 17.0. The van der Waals surface area contributed by atoms with E-state index in [1.165, 1.54) is 11.1 Å². The highest BCUT2D eigenvalue weighted by molar-refractivity contribution is 5.98. The molecule has 0 saturated heterocycles. The molecule has 0 aliphatic heterocycles. The number of methoxy groups -OCH3 is 1. The van der Waals surface area contributed by atoms with Crippen LogP contribution in [0.2, 0.25) is 0 Å². The number of rotatable bonds is 9. The normalized spacial score (nSPS) is 10.3. The number of hydrogen-bond acceptors (Lipinski definition) is 5. The van der Waals surface area contributed by atoms with Gasteiger partial charge in [0.1, 0.15) is 30.2 Å². The van der Waals surface area contributed by atoms with Gasteiger partial charge >= 0.3 is 5.97 Å². The molecule has 1 aromatic heterocycles. The molecule has 0 bridgehead atoms. The van der Waals surface area contributed by atoms with E-state index in [4.69, 9.17) is 14.2 Å². The summed E-state index contributed by atoms with van der Waals surface area (Å²) in [5.41, 5.74) is 5.31. The number of hydrogen-bond donors (Lipinski definition) is 0. The third kappa shape index (κ3) is 6.99. The Morgan fingerprint density at radius 3 is 2.16 bits per heavy atom. The number of fused-ring (bicyclic) bond motifs is 1. The van der Waals surface area contributed by atoms with Crippen molar-refractivity contribution in [2.75, 3.05) is 20.3 Å². The Hall–Kier alpha value is -3.08. The summed E-state index contributed by atoms with van der Waals surface area (Å²) in [6.07, 6.45) is 6.73. The van der Waals surface area contributed by atoms with Gasteiger partial charge < -0.3 is 14.2 Å². The van der Waals surface area contributed by atoms with Gasteiger partial charge in [-0.05, 0) is 71.7 Å². The molecule has 1 heterocycles. The first-order chi connectivity index (χ1) is 14.7. The van der Waals surface area contributed by atoms with Gasteiger partial charge in [-0.15, -0.1) is 0 Å². The SMILES string of the molecule is COc1cc(C(=O)OCC=C(C)C)nc2c(OCC=C(C)C)ccc(CC=C(C)C)c12. The molecule has 2 aromatic rings. The van der Waals surface area contributed by atoms with Gasteiger partial charge in [-0.2, -0.15) is 0 Å². The standard InChI is InChI=1S/C26H33NO4/c1-17(2)8-9-20-10-11-22(30-14-12-18(3)4)25-24(20)23(29-7)16-21(27-25)26(28)31-15-13-19(5)6/h8,10-13,16H,9,14-15H2,1-7H3. The van der Waals surface area contributed by atoms with Crippen molar-refractivity contribution in [3.05, 3.63) is 64.4 Å². The van der Waals surface area contributed by atoms with Crippen LogP contribution >= 0.6 is 0 Å². The van der Waals surface area contributed by atoms with Crippen molar-refractivity contribution in [3.8, 4) is 11.5 Å². The first kappa shape index (κ1) is 24.2. The van der Waals surface area contributed by atoms with Crippen LogP contribution in [0.1, 0.15) is 57.6 Å². The number of benzene rings is 1. The van der Waals surface area contributed by atoms with Gasteiger partial charge in [-0.3, -0.25) is 0 Å². The van der Waals surface area contributed by atoms with Gasteiger partial charge in [0.25, 0.3) is 0 Å². The molecule has 0 aliphatic rings. The molecule has 5 nitrogen and oxygen atoms in total. The largest absolute Gasteiger partial charge is 0.496 e.